The van der Waals surface area contributed by atoms with Gasteiger partial charge in [0.2, 0.25) is 0 Å². The van der Waals surface area contributed by atoms with Crippen LogP contribution in [0.5, 0.6) is 0 Å². The average molecular weight is 201 g/mol. The second-order valence-electron chi connectivity index (χ2n) is 3.78. The molecule has 0 aliphatic carbocycles. The molecule has 1 heterocycles. The van der Waals surface area contributed by atoms with Gasteiger partial charge < -0.3 is 16.0 Å². The van der Waals surface area contributed by atoms with Crippen LogP contribution in [0, 0.1) is 5.92 Å². The molecule has 0 saturated carbocycles. The molecule has 5 nitrogen and oxygen atoms in total. The van der Waals surface area contributed by atoms with E-state index in [0.717, 1.165) is 25.9 Å². The van der Waals surface area contributed by atoms with Gasteiger partial charge in [-0.2, -0.15) is 0 Å². The number of likely N-dealkylation sites (tertiary alicyclic amines) is 1. The van der Waals surface area contributed by atoms with E-state index in [0.29, 0.717) is 5.92 Å². The largest absolute Gasteiger partial charge is 0.409 e. The first-order valence-corrected chi connectivity index (χ1v) is 5.05. The fraction of sp³-hybridized carbons (Fsp3) is 0.889. The minimum absolute atomic E-state index is 0.0107. The molecule has 0 radical (unpaired) electrons. The molecule has 0 aromatic rings. The van der Waals surface area contributed by atoms with Crippen molar-refractivity contribution in [2.45, 2.75) is 25.8 Å². The van der Waals surface area contributed by atoms with Gasteiger partial charge in [0.25, 0.3) is 0 Å². The van der Waals surface area contributed by atoms with E-state index in [4.69, 9.17) is 16.0 Å². The summed E-state index contributed by atoms with van der Waals surface area (Å²) in [4.78, 5) is 2.16. The molecule has 1 aliphatic rings. The van der Waals surface area contributed by atoms with Crippen LogP contribution in [0.4, 0.5) is 0 Å². The van der Waals surface area contributed by atoms with Crippen LogP contribution >= 0.6 is 0 Å². The summed E-state index contributed by atoms with van der Waals surface area (Å²) in [6.45, 7) is 3.99. The highest BCUT2D eigenvalue weighted by atomic mass is 16.4. The first kappa shape index (κ1) is 11.3. The molecule has 14 heavy (non-hydrogen) atoms. The zero-order chi connectivity index (χ0) is 10.6. The lowest BCUT2D eigenvalue weighted by atomic mass is 10.1. The summed E-state index contributed by atoms with van der Waals surface area (Å²) in [7, 11) is 0. The number of aliphatic hydroxyl groups is 1. The van der Waals surface area contributed by atoms with E-state index in [9.17, 15) is 0 Å². The van der Waals surface area contributed by atoms with Crippen LogP contribution in [0.2, 0.25) is 0 Å². The molecule has 2 unspecified atom stereocenters. The van der Waals surface area contributed by atoms with E-state index in [1.807, 2.05) is 6.92 Å². The number of amidine groups is 1. The number of aliphatic hydroxyl groups excluding tert-OH is 1. The van der Waals surface area contributed by atoms with Crippen LogP contribution in [-0.4, -0.2) is 46.8 Å². The van der Waals surface area contributed by atoms with Gasteiger partial charge in [0, 0.05) is 13.2 Å². The van der Waals surface area contributed by atoms with E-state index in [1.54, 1.807) is 0 Å². The van der Waals surface area contributed by atoms with Gasteiger partial charge in [-0.05, 0) is 25.3 Å². The summed E-state index contributed by atoms with van der Waals surface area (Å²) < 4.78 is 0. The molecule has 82 valence electrons. The molecule has 2 atom stereocenters. The summed E-state index contributed by atoms with van der Waals surface area (Å²) in [5, 5.41) is 20.6. The highest BCUT2D eigenvalue weighted by Gasteiger charge is 2.28. The lowest BCUT2D eigenvalue weighted by Crippen LogP contribution is -2.43. The molecule has 5 heteroatoms. The van der Waals surface area contributed by atoms with Gasteiger partial charge >= 0.3 is 0 Å². The van der Waals surface area contributed by atoms with Gasteiger partial charge in [-0.15, -0.1) is 0 Å². The zero-order valence-electron chi connectivity index (χ0n) is 8.56. The second kappa shape index (κ2) is 5.17. The third kappa shape index (κ3) is 2.36. The van der Waals surface area contributed by atoms with E-state index < -0.39 is 0 Å². The number of nitrogens with two attached hydrogens (primary N) is 1. The normalized spacial score (nSPS) is 26.7. The number of rotatable bonds is 4. The minimum atomic E-state index is 0.0107. The lowest BCUT2D eigenvalue weighted by molar-refractivity contribution is 0.211. The number of oxime groups is 1. The predicted octanol–water partition coefficient (Wildman–Crippen LogP) is -0.174. The molecule has 0 spiro atoms. The molecule has 1 fully saturated rings. The lowest BCUT2D eigenvalue weighted by Gasteiger charge is -2.25. The molecule has 4 N–H and O–H groups in total. The second-order valence-corrected chi connectivity index (χ2v) is 3.78. The molecule has 0 aromatic heterocycles. The molecule has 1 rings (SSSR count). The topological polar surface area (TPSA) is 82.1 Å². The van der Waals surface area contributed by atoms with Crippen LogP contribution in [-0.2, 0) is 0 Å². The highest BCUT2D eigenvalue weighted by molar-refractivity contribution is 5.85. The van der Waals surface area contributed by atoms with Gasteiger partial charge in [0.15, 0.2) is 5.84 Å². The van der Waals surface area contributed by atoms with Crippen molar-refractivity contribution in [2.24, 2.45) is 16.8 Å². The van der Waals surface area contributed by atoms with Crippen molar-refractivity contribution in [1.82, 2.24) is 4.90 Å². The fourth-order valence-corrected chi connectivity index (χ4v) is 2.02. The average Bonchev–Trinajstić information content (AvgIpc) is 2.67. The standard InChI is InChI=1S/C9H19N3O2/c1-2-8(9(10)11-14)12-4-3-7(5-12)6-13/h7-8,13-14H,2-6H2,1H3,(H2,10,11). The number of nitrogens with zero attached hydrogens (tertiary/aromatic N) is 2. The Bertz CT molecular complexity index is 208. The van der Waals surface area contributed by atoms with Gasteiger partial charge in [0.1, 0.15) is 0 Å². The summed E-state index contributed by atoms with van der Waals surface area (Å²) >= 11 is 0. The summed E-state index contributed by atoms with van der Waals surface area (Å²) in [5.41, 5.74) is 5.59. The molecular formula is C9H19N3O2. The Morgan fingerprint density at radius 2 is 2.43 bits per heavy atom. The maximum Gasteiger partial charge on any atom is 0.156 e. The first-order chi connectivity index (χ1) is 6.72. The third-order valence-electron chi connectivity index (χ3n) is 2.86. The predicted molar refractivity (Wildman–Crippen MR) is 54.3 cm³/mol. The molecule has 0 amide bonds. The Balaban J connectivity index is 2.55. The maximum atomic E-state index is 9.00. The van der Waals surface area contributed by atoms with Gasteiger partial charge in [-0.3, -0.25) is 4.90 Å². The van der Waals surface area contributed by atoms with Gasteiger partial charge in [-0.1, -0.05) is 12.1 Å². The monoisotopic (exact) mass is 201 g/mol. The Kier molecular flexibility index (Phi) is 4.16. The molecular weight excluding hydrogens is 182 g/mol. The zero-order valence-corrected chi connectivity index (χ0v) is 8.56. The van der Waals surface area contributed by atoms with Crippen molar-refractivity contribution in [1.29, 1.82) is 0 Å². The summed E-state index contributed by atoms with van der Waals surface area (Å²) in [5.74, 6) is 0.613. The van der Waals surface area contributed by atoms with Crippen LogP contribution in [0.25, 0.3) is 0 Å². The summed E-state index contributed by atoms with van der Waals surface area (Å²) in [6, 6.07) is 0.0107. The van der Waals surface area contributed by atoms with Crippen molar-refractivity contribution in [2.75, 3.05) is 19.7 Å². The number of hydrogen-bond donors (Lipinski definition) is 3. The van der Waals surface area contributed by atoms with Gasteiger partial charge in [-0.25, -0.2) is 0 Å². The van der Waals surface area contributed by atoms with Crippen LogP contribution in [0.15, 0.2) is 5.16 Å². The number of hydrogen-bond acceptors (Lipinski definition) is 4. The van der Waals surface area contributed by atoms with E-state index >= 15 is 0 Å². The Labute approximate surface area is 84.2 Å². The highest BCUT2D eigenvalue weighted by Crippen LogP contribution is 2.19. The molecule has 0 aromatic carbocycles. The van der Waals surface area contributed by atoms with Crippen molar-refractivity contribution in [3.05, 3.63) is 0 Å². The molecule has 1 aliphatic heterocycles. The SMILES string of the molecule is CCC(C(N)=NO)N1CCC(CO)C1. The first-order valence-electron chi connectivity index (χ1n) is 5.05. The Hall–Kier alpha value is -0.810. The summed E-state index contributed by atoms with van der Waals surface area (Å²) in [6.07, 6.45) is 1.82. The van der Waals surface area contributed by atoms with Crippen molar-refractivity contribution >= 4 is 5.84 Å². The van der Waals surface area contributed by atoms with Crippen molar-refractivity contribution < 1.29 is 10.3 Å². The van der Waals surface area contributed by atoms with Gasteiger partial charge in [0.05, 0.1) is 6.04 Å². The Morgan fingerprint density at radius 1 is 1.71 bits per heavy atom. The third-order valence-corrected chi connectivity index (χ3v) is 2.86. The van der Waals surface area contributed by atoms with E-state index in [1.165, 1.54) is 0 Å². The molecule has 1 saturated heterocycles. The van der Waals surface area contributed by atoms with Crippen LogP contribution < -0.4 is 5.73 Å². The maximum absolute atomic E-state index is 9.00. The quantitative estimate of drug-likeness (QED) is 0.255. The van der Waals surface area contributed by atoms with E-state index in [-0.39, 0.29) is 18.5 Å². The van der Waals surface area contributed by atoms with Crippen molar-refractivity contribution in [3.8, 4) is 0 Å². The van der Waals surface area contributed by atoms with Crippen LogP contribution in [0.1, 0.15) is 19.8 Å². The minimum Gasteiger partial charge on any atom is -0.409 e. The van der Waals surface area contributed by atoms with Crippen LogP contribution in [0.3, 0.4) is 0 Å². The smallest absolute Gasteiger partial charge is 0.156 e. The molecule has 0 bridgehead atoms. The van der Waals surface area contributed by atoms with E-state index in [2.05, 4.69) is 10.1 Å². The van der Waals surface area contributed by atoms with Crippen molar-refractivity contribution in [3.63, 3.8) is 0 Å². The fourth-order valence-electron chi connectivity index (χ4n) is 2.02. The Morgan fingerprint density at radius 3 is 2.86 bits per heavy atom.